The van der Waals surface area contributed by atoms with E-state index < -0.39 is 0 Å². The topological polar surface area (TPSA) is 55.7 Å². The molecular weight excluding hydrogens is 222 g/mol. The van der Waals surface area contributed by atoms with Crippen LogP contribution in [0.1, 0.15) is 26.9 Å². The van der Waals surface area contributed by atoms with E-state index in [0.29, 0.717) is 12.1 Å². The average molecular weight is 233 g/mol. The monoisotopic (exact) mass is 233 g/mol. The summed E-state index contributed by atoms with van der Waals surface area (Å²) in [5.74, 6) is -0.0437. The van der Waals surface area contributed by atoms with Crippen molar-refractivity contribution in [3.8, 4) is 0 Å². The van der Waals surface area contributed by atoms with Crippen LogP contribution >= 0.6 is 11.3 Å². The molecule has 0 spiro atoms. The number of nitrogens with zero attached hydrogens (tertiary/aromatic N) is 3. The fraction of sp³-hybridized carbons (Fsp3) is 0.273. The zero-order valence-corrected chi connectivity index (χ0v) is 9.91. The van der Waals surface area contributed by atoms with Crippen molar-refractivity contribution in [2.75, 3.05) is 0 Å². The fourth-order valence-electron chi connectivity index (χ4n) is 1.28. The Bertz CT molecular complexity index is 504. The molecule has 0 aliphatic rings. The molecule has 2 heterocycles. The number of aryl methyl sites for hydroxylation is 2. The molecule has 0 unspecified atom stereocenters. The van der Waals surface area contributed by atoms with Crippen molar-refractivity contribution in [3.63, 3.8) is 0 Å². The first kappa shape index (κ1) is 10.9. The molecule has 2 aromatic heterocycles. The lowest BCUT2D eigenvalue weighted by Gasteiger charge is -1.97. The highest BCUT2D eigenvalue weighted by atomic mass is 32.1. The second-order valence-corrected chi connectivity index (χ2v) is 4.56. The van der Waals surface area contributed by atoms with E-state index >= 15 is 0 Å². The Morgan fingerprint density at radius 3 is 2.69 bits per heavy atom. The van der Waals surface area contributed by atoms with E-state index in [2.05, 4.69) is 15.0 Å². The molecule has 0 bridgehead atoms. The van der Waals surface area contributed by atoms with Crippen LogP contribution in [0.5, 0.6) is 0 Å². The van der Waals surface area contributed by atoms with Gasteiger partial charge in [-0.2, -0.15) is 0 Å². The molecule has 2 aromatic rings. The Labute approximate surface area is 97.4 Å². The molecular formula is C11H11N3OS. The van der Waals surface area contributed by atoms with Crippen molar-refractivity contribution in [2.24, 2.45) is 0 Å². The zero-order chi connectivity index (χ0) is 11.5. The number of rotatable bonds is 3. The number of carbonyl (C=O) groups excluding carboxylic acids is 1. The first-order valence-electron chi connectivity index (χ1n) is 4.88. The SMILES string of the molecule is Cc1cnc(C(=O)Cc2csc(C)n2)cn1. The highest BCUT2D eigenvalue weighted by Gasteiger charge is 2.10. The van der Waals surface area contributed by atoms with E-state index in [0.717, 1.165) is 16.4 Å². The van der Waals surface area contributed by atoms with Gasteiger partial charge in [-0.25, -0.2) is 9.97 Å². The van der Waals surface area contributed by atoms with Gasteiger partial charge >= 0.3 is 0 Å². The van der Waals surface area contributed by atoms with E-state index in [4.69, 9.17) is 0 Å². The van der Waals surface area contributed by atoms with Gasteiger partial charge in [0.05, 0.1) is 29.0 Å². The molecule has 0 fully saturated rings. The number of ketones is 1. The minimum atomic E-state index is -0.0437. The van der Waals surface area contributed by atoms with Crippen LogP contribution in [-0.4, -0.2) is 20.7 Å². The maximum Gasteiger partial charge on any atom is 0.188 e. The third-order valence-corrected chi connectivity index (χ3v) is 2.90. The first-order valence-corrected chi connectivity index (χ1v) is 5.76. The predicted octanol–water partition coefficient (Wildman–Crippen LogP) is 1.98. The van der Waals surface area contributed by atoms with Crippen LogP contribution in [0.2, 0.25) is 0 Å². The van der Waals surface area contributed by atoms with Gasteiger partial charge in [-0.05, 0) is 13.8 Å². The second kappa shape index (κ2) is 4.49. The largest absolute Gasteiger partial charge is 0.292 e. The molecule has 0 aromatic carbocycles. The number of hydrogen-bond acceptors (Lipinski definition) is 5. The second-order valence-electron chi connectivity index (χ2n) is 3.50. The van der Waals surface area contributed by atoms with E-state index in [1.165, 1.54) is 6.20 Å². The fourth-order valence-corrected chi connectivity index (χ4v) is 1.89. The summed E-state index contributed by atoms with van der Waals surface area (Å²) in [5.41, 5.74) is 2.01. The van der Waals surface area contributed by atoms with E-state index in [-0.39, 0.29) is 5.78 Å². The van der Waals surface area contributed by atoms with Gasteiger partial charge < -0.3 is 0 Å². The molecule has 4 nitrogen and oxygen atoms in total. The van der Waals surface area contributed by atoms with Crippen LogP contribution in [0, 0.1) is 13.8 Å². The van der Waals surface area contributed by atoms with Crippen LogP contribution in [0.15, 0.2) is 17.8 Å². The highest BCUT2D eigenvalue weighted by molar-refractivity contribution is 7.09. The van der Waals surface area contributed by atoms with Crippen molar-refractivity contribution < 1.29 is 4.79 Å². The van der Waals surface area contributed by atoms with E-state index in [9.17, 15) is 4.79 Å². The smallest absolute Gasteiger partial charge is 0.188 e. The molecule has 0 aliphatic heterocycles. The lowest BCUT2D eigenvalue weighted by atomic mass is 10.2. The van der Waals surface area contributed by atoms with Gasteiger partial charge in [0.25, 0.3) is 0 Å². The standard InChI is InChI=1S/C11H11N3OS/c1-7-4-13-10(5-12-7)11(15)3-9-6-16-8(2)14-9/h4-6H,3H2,1-2H3. The third-order valence-electron chi connectivity index (χ3n) is 2.07. The van der Waals surface area contributed by atoms with Gasteiger partial charge in [0, 0.05) is 11.6 Å². The molecule has 0 saturated carbocycles. The average Bonchev–Trinajstić information content (AvgIpc) is 2.65. The summed E-state index contributed by atoms with van der Waals surface area (Å²) in [7, 11) is 0. The van der Waals surface area contributed by atoms with E-state index in [1.54, 1.807) is 17.5 Å². The van der Waals surface area contributed by atoms with Crippen molar-refractivity contribution >= 4 is 17.1 Å². The van der Waals surface area contributed by atoms with Gasteiger partial charge in [-0.1, -0.05) is 0 Å². The summed E-state index contributed by atoms with van der Waals surface area (Å²) in [6.45, 7) is 3.76. The van der Waals surface area contributed by atoms with Gasteiger partial charge in [0.15, 0.2) is 5.78 Å². The van der Waals surface area contributed by atoms with Crippen molar-refractivity contribution in [3.05, 3.63) is 39.9 Å². The number of carbonyl (C=O) groups is 1. The molecule has 0 radical (unpaired) electrons. The molecule has 82 valence electrons. The van der Waals surface area contributed by atoms with Crippen LogP contribution in [-0.2, 0) is 6.42 Å². The highest BCUT2D eigenvalue weighted by Crippen LogP contribution is 2.10. The number of thiazole rings is 1. The summed E-state index contributed by atoms with van der Waals surface area (Å²) in [5, 5.41) is 2.87. The predicted molar refractivity (Wildman–Crippen MR) is 61.7 cm³/mol. The summed E-state index contributed by atoms with van der Waals surface area (Å²) in [6.07, 6.45) is 3.40. The maximum absolute atomic E-state index is 11.8. The molecule has 0 saturated heterocycles. The summed E-state index contributed by atoms with van der Waals surface area (Å²) < 4.78 is 0. The lowest BCUT2D eigenvalue weighted by molar-refractivity contribution is 0.0987. The Morgan fingerprint density at radius 1 is 1.31 bits per heavy atom. The quantitative estimate of drug-likeness (QED) is 0.761. The number of hydrogen-bond donors (Lipinski definition) is 0. The lowest BCUT2D eigenvalue weighted by Crippen LogP contribution is -2.07. The van der Waals surface area contributed by atoms with Crippen LogP contribution in [0.25, 0.3) is 0 Å². The summed E-state index contributed by atoms with van der Waals surface area (Å²) in [6, 6.07) is 0. The first-order chi connectivity index (χ1) is 7.65. The van der Waals surface area contributed by atoms with Gasteiger partial charge in [0.1, 0.15) is 5.69 Å². The van der Waals surface area contributed by atoms with Crippen molar-refractivity contribution in [1.29, 1.82) is 0 Å². The van der Waals surface area contributed by atoms with Crippen molar-refractivity contribution in [1.82, 2.24) is 15.0 Å². The van der Waals surface area contributed by atoms with Crippen molar-refractivity contribution in [2.45, 2.75) is 20.3 Å². The molecule has 2 rings (SSSR count). The molecule has 5 heteroatoms. The Hall–Kier alpha value is -1.62. The number of Topliss-reactive ketones (excluding diaryl/α,β-unsaturated/α-hetero) is 1. The molecule has 0 aliphatic carbocycles. The molecule has 0 atom stereocenters. The van der Waals surface area contributed by atoms with Crippen LogP contribution in [0.3, 0.4) is 0 Å². The summed E-state index contributed by atoms with van der Waals surface area (Å²) in [4.78, 5) is 24.1. The Morgan fingerprint density at radius 2 is 2.12 bits per heavy atom. The maximum atomic E-state index is 11.8. The van der Waals surface area contributed by atoms with Gasteiger partial charge in [0.2, 0.25) is 0 Å². The third kappa shape index (κ3) is 2.49. The summed E-state index contributed by atoms with van der Waals surface area (Å²) >= 11 is 1.54. The van der Waals surface area contributed by atoms with Gasteiger partial charge in [-0.15, -0.1) is 11.3 Å². The molecule has 0 N–H and O–H groups in total. The molecule has 16 heavy (non-hydrogen) atoms. The minimum Gasteiger partial charge on any atom is -0.292 e. The zero-order valence-electron chi connectivity index (χ0n) is 9.10. The van der Waals surface area contributed by atoms with Gasteiger partial charge in [-0.3, -0.25) is 9.78 Å². The minimum absolute atomic E-state index is 0.0437. The number of aromatic nitrogens is 3. The normalized spacial score (nSPS) is 10.4. The van der Waals surface area contributed by atoms with E-state index in [1.807, 2.05) is 19.2 Å². The Kier molecular flexibility index (Phi) is 3.05. The Balaban J connectivity index is 2.11. The van der Waals surface area contributed by atoms with Crippen LogP contribution < -0.4 is 0 Å². The molecule has 0 amide bonds. The van der Waals surface area contributed by atoms with Crippen LogP contribution in [0.4, 0.5) is 0 Å².